The number of hydrogen-bond donors (Lipinski definition) is 2. The zero-order chi connectivity index (χ0) is 12.8. The number of anilines is 1. The van der Waals surface area contributed by atoms with Gasteiger partial charge in [-0.25, -0.2) is 4.39 Å². The van der Waals surface area contributed by atoms with Crippen LogP contribution in [0.2, 0.25) is 0 Å². The highest BCUT2D eigenvalue weighted by Gasteiger charge is 2.13. The van der Waals surface area contributed by atoms with Crippen LogP contribution < -0.4 is 10.6 Å². The third kappa shape index (κ3) is 4.63. The zero-order valence-corrected chi connectivity index (χ0v) is 9.79. The molecule has 2 N–H and O–H groups in total. The highest BCUT2D eigenvalue weighted by atomic mass is 19.1. The fourth-order valence-corrected chi connectivity index (χ4v) is 1.13. The molecule has 0 unspecified atom stereocenters. The molecular weight excluding hydrogens is 223 g/mol. The van der Waals surface area contributed by atoms with Crippen LogP contribution in [0.15, 0.2) is 24.3 Å². The molecule has 4 nitrogen and oxygen atoms in total. The first-order valence-corrected chi connectivity index (χ1v) is 5.34. The fourth-order valence-electron chi connectivity index (χ4n) is 1.13. The van der Waals surface area contributed by atoms with Crippen LogP contribution in [0, 0.1) is 11.7 Å². The quantitative estimate of drug-likeness (QED) is 0.785. The molecule has 92 valence electrons. The number of benzene rings is 1. The van der Waals surface area contributed by atoms with E-state index >= 15 is 0 Å². The minimum atomic E-state index is -0.795. The minimum Gasteiger partial charge on any atom is -0.348 e. The molecule has 1 aromatic carbocycles. The van der Waals surface area contributed by atoms with Crippen molar-refractivity contribution in [3.63, 3.8) is 0 Å². The van der Waals surface area contributed by atoms with Gasteiger partial charge in [-0.3, -0.25) is 9.59 Å². The van der Waals surface area contributed by atoms with Crippen molar-refractivity contribution in [2.45, 2.75) is 13.8 Å². The summed E-state index contributed by atoms with van der Waals surface area (Å²) in [6, 6.07) is 5.37. The third-order valence-electron chi connectivity index (χ3n) is 1.96. The molecule has 0 fully saturated rings. The van der Waals surface area contributed by atoms with Crippen LogP contribution in [-0.2, 0) is 9.59 Å². The summed E-state index contributed by atoms with van der Waals surface area (Å²) in [6.45, 7) is 4.27. The monoisotopic (exact) mass is 238 g/mol. The highest BCUT2D eigenvalue weighted by Crippen LogP contribution is 2.08. The molecule has 2 amide bonds. The maximum Gasteiger partial charge on any atom is 0.313 e. The Bertz CT molecular complexity index is 419. The van der Waals surface area contributed by atoms with Gasteiger partial charge in [-0.15, -0.1) is 0 Å². The van der Waals surface area contributed by atoms with E-state index in [2.05, 4.69) is 10.6 Å². The van der Waals surface area contributed by atoms with Gasteiger partial charge in [-0.1, -0.05) is 19.9 Å². The predicted molar refractivity (Wildman–Crippen MR) is 62.9 cm³/mol. The summed E-state index contributed by atoms with van der Waals surface area (Å²) in [4.78, 5) is 22.7. The predicted octanol–water partition coefficient (Wildman–Crippen LogP) is 1.54. The summed E-state index contributed by atoms with van der Waals surface area (Å²) in [5, 5.41) is 4.79. The Hall–Kier alpha value is -1.91. The summed E-state index contributed by atoms with van der Waals surface area (Å²) >= 11 is 0. The molecule has 0 aliphatic rings. The molecule has 0 saturated carbocycles. The molecule has 1 rings (SSSR count). The second-order valence-corrected chi connectivity index (χ2v) is 4.07. The molecule has 0 heterocycles. The third-order valence-corrected chi connectivity index (χ3v) is 1.96. The van der Waals surface area contributed by atoms with E-state index in [0.29, 0.717) is 6.54 Å². The average Bonchev–Trinajstić information content (AvgIpc) is 2.25. The lowest BCUT2D eigenvalue weighted by Crippen LogP contribution is -2.37. The van der Waals surface area contributed by atoms with Crippen LogP contribution in [0.3, 0.4) is 0 Å². The molecule has 0 spiro atoms. The maximum atomic E-state index is 12.8. The maximum absolute atomic E-state index is 12.8. The van der Waals surface area contributed by atoms with Gasteiger partial charge < -0.3 is 10.6 Å². The van der Waals surface area contributed by atoms with Gasteiger partial charge in [0.2, 0.25) is 0 Å². The van der Waals surface area contributed by atoms with Crippen molar-refractivity contribution in [1.29, 1.82) is 0 Å². The normalized spacial score (nSPS) is 10.1. The lowest BCUT2D eigenvalue weighted by molar-refractivity contribution is -0.136. The Balaban J connectivity index is 2.51. The molecule has 5 heteroatoms. The fraction of sp³-hybridized carbons (Fsp3) is 0.333. The molecule has 0 radical (unpaired) electrons. The van der Waals surface area contributed by atoms with E-state index in [-0.39, 0.29) is 11.6 Å². The first-order valence-electron chi connectivity index (χ1n) is 5.34. The van der Waals surface area contributed by atoms with Crippen LogP contribution >= 0.6 is 0 Å². The first-order chi connectivity index (χ1) is 7.99. The second kappa shape index (κ2) is 5.98. The smallest absolute Gasteiger partial charge is 0.313 e. The van der Waals surface area contributed by atoms with E-state index in [9.17, 15) is 14.0 Å². The van der Waals surface area contributed by atoms with Gasteiger partial charge in [0, 0.05) is 12.2 Å². The van der Waals surface area contributed by atoms with Crippen molar-refractivity contribution in [2.24, 2.45) is 5.92 Å². The number of carbonyl (C=O) groups is 2. The first kappa shape index (κ1) is 13.2. The number of carbonyl (C=O) groups excluding carboxylic acids is 2. The average molecular weight is 238 g/mol. The lowest BCUT2D eigenvalue weighted by atomic mass is 10.2. The Morgan fingerprint density at radius 3 is 2.59 bits per heavy atom. The van der Waals surface area contributed by atoms with Gasteiger partial charge in [0.15, 0.2) is 0 Å². The molecule has 0 aromatic heterocycles. The lowest BCUT2D eigenvalue weighted by Gasteiger charge is -2.08. The van der Waals surface area contributed by atoms with Gasteiger partial charge in [-0.2, -0.15) is 0 Å². The van der Waals surface area contributed by atoms with Crippen molar-refractivity contribution < 1.29 is 14.0 Å². The summed E-state index contributed by atoms with van der Waals surface area (Å²) in [5.41, 5.74) is 0.259. The van der Waals surface area contributed by atoms with Crippen LogP contribution in [-0.4, -0.2) is 18.4 Å². The van der Waals surface area contributed by atoms with Crippen molar-refractivity contribution >= 4 is 17.5 Å². The molecule has 17 heavy (non-hydrogen) atoms. The molecule has 1 aromatic rings. The molecule has 0 atom stereocenters. The number of hydrogen-bond acceptors (Lipinski definition) is 2. The van der Waals surface area contributed by atoms with Crippen molar-refractivity contribution in [1.82, 2.24) is 5.32 Å². The van der Waals surface area contributed by atoms with Gasteiger partial charge in [0.1, 0.15) is 5.82 Å². The van der Waals surface area contributed by atoms with E-state index < -0.39 is 17.6 Å². The Kier molecular flexibility index (Phi) is 4.63. The topological polar surface area (TPSA) is 58.2 Å². The summed E-state index contributed by atoms with van der Waals surface area (Å²) < 4.78 is 12.8. The number of halogens is 1. The van der Waals surface area contributed by atoms with Crippen LogP contribution in [0.25, 0.3) is 0 Å². The summed E-state index contributed by atoms with van der Waals surface area (Å²) in [7, 11) is 0. The van der Waals surface area contributed by atoms with Crippen molar-refractivity contribution in [3.8, 4) is 0 Å². The minimum absolute atomic E-state index is 0.259. The van der Waals surface area contributed by atoms with E-state index in [1.54, 1.807) is 0 Å². The number of rotatable bonds is 3. The van der Waals surface area contributed by atoms with Crippen molar-refractivity contribution in [3.05, 3.63) is 30.1 Å². The highest BCUT2D eigenvalue weighted by molar-refractivity contribution is 6.39. The number of nitrogens with one attached hydrogen (secondary N) is 2. The Morgan fingerprint density at radius 1 is 1.29 bits per heavy atom. The summed E-state index contributed by atoms with van der Waals surface area (Å²) in [6.07, 6.45) is 0. The Morgan fingerprint density at radius 2 is 2.00 bits per heavy atom. The largest absolute Gasteiger partial charge is 0.348 e. The van der Waals surface area contributed by atoms with E-state index in [1.165, 1.54) is 18.2 Å². The molecule has 0 saturated heterocycles. The molecular formula is C12H15FN2O2. The molecule has 0 aliphatic carbocycles. The van der Waals surface area contributed by atoms with Crippen LogP contribution in [0.5, 0.6) is 0 Å². The van der Waals surface area contributed by atoms with Gasteiger partial charge >= 0.3 is 11.8 Å². The number of amides is 2. The van der Waals surface area contributed by atoms with Gasteiger partial charge in [0.25, 0.3) is 0 Å². The van der Waals surface area contributed by atoms with E-state index in [1.807, 2.05) is 13.8 Å². The standard InChI is InChI=1S/C12H15FN2O2/c1-8(2)7-14-11(16)12(17)15-10-5-3-4-9(13)6-10/h3-6,8H,7H2,1-2H3,(H,14,16)(H,15,17). The second-order valence-electron chi connectivity index (χ2n) is 4.07. The van der Waals surface area contributed by atoms with E-state index in [0.717, 1.165) is 6.07 Å². The van der Waals surface area contributed by atoms with Crippen LogP contribution in [0.4, 0.5) is 10.1 Å². The SMILES string of the molecule is CC(C)CNC(=O)C(=O)Nc1cccc(F)c1. The van der Waals surface area contributed by atoms with Gasteiger partial charge in [-0.05, 0) is 24.1 Å². The Labute approximate surface area is 99.2 Å². The van der Waals surface area contributed by atoms with Crippen LogP contribution in [0.1, 0.15) is 13.8 Å². The van der Waals surface area contributed by atoms with Gasteiger partial charge in [0.05, 0.1) is 0 Å². The molecule has 0 bridgehead atoms. The summed E-state index contributed by atoms with van der Waals surface area (Å²) in [5.74, 6) is -1.72. The zero-order valence-electron chi connectivity index (χ0n) is 9.79. The van der Waals surface area contributed by atoms with E-state index in [4.69, 9.17) is 0 Å². The molecule has 0 aliphatic heterocycles. The van der Waals surface area contributed by atoms with Crippen molar-refractivity contribution in [2.75, 3.05) is 11.9 Å².